The number of ether oxygens (including phenoxy) is 1. The van der Waals surface area contributed by atoms with Crippen molar-refractivity contribution in [1.82, 2.24) is 0 Å². The minimum absolute atomic E-state index is 0.411. The van der Waals surface area contributed by atoms with Crippen molar-refractivity contribution in [1.29, 1.82) is 0 Å². The summed E-state index contributed by atoms with van der Waals surface area (Å²) in [5.41, 5.74) is 3.29. The van der Waals surface area contributed by atoms with Gasteiger partial charge in [0, 0.05) is 13.5 Å². The molecule has 0 saturated heterocycles. The Hall–Kier alpha value is -1.35. The first-order valence-electron chi connectivity index (χ1n) is 4.85. The lowest BCUT2D eigenvalue weighted by Gasteiger charge is -2.11. The SMILES string of the molecule is COC(Cc1cc(C)cc(C)c1)C(=O)O. The van der Waals surface area contributed by atoms with Gasteiger partial charge in [-0.2, -0.15) is 0 Å². The van der Waals surface area contributed by atoms with Crippen LogP contribution in [0.1, 0.15) is 16.7 Å². The minimum Gasteiger partial charge on any atom is -0.479 e. The van der Waals surface area contributed by atoms with Crippen LogP contribution in [0.15, 0.2) is 18.2 Å². The van der Waals surface area contributed by atoms with Crippen molar-refractivity contribution in [2.24, 2.45) is 0 Å². The Balaban J connectivity index is 2.83. The van der Waals surface area contributed by atoms with Crippen molar-refractivity contribution >= 4 is 5.97 Å². The van der Waals surface area contributed by atoms with Crippen molar-refractivity contribution < 1.29 is 14.6 Å². The Bertz CT molecular complexity index is 338. The van der Waals surface area contributed by atoms with Crippen molar-refractivity contribution in [3.63, 3.8) is 0 Å². The van der Waals surface area contributed by atoms with Crippen LogP contribution in [0.25, 0.3) is 0 Å². The third-order valence-electron chi connectivity index (χ3n) is 2.26. The van der Waals surface area contributed by atoms with Crippen LogP contribution in [-0.4, -0.2) is 24.3 Å². The first-order valence-corrected chi connectivity index (χ1v) is 4.85. The van der Waals surface area contributed by atoms with E-state index in [4.69, 9.17) is 9.84 Å². The smallest absolute Gasteiger partial charge is 0.333 e. The molecular formula is C12H16O3. The summed E-state index contributed by atoms with van der Waals surface area (Å²) in [6.07, 6.45) is -0.347. The van der Waals surface area contributed by atoms with Gasteiger partial charge in [0.15, 0.2) is 6.10 Å². The van der Waals surface area contributed by atoms with E-state index in [1.807, 2.05) is 26.0 Å². The number of hydrogen-bond acceptors (Lipinski definition) is 2. The van der Waals surface area contributed by atoms with Gasteiger partial charge in [-0.15, -0.1) is 0 Å². The first kappa shape index (κ1) is 11.7. The molecule has 0 fully saturated rings. The predicted molar refractivity (Wildman–Crippen MR) is 58.1 cm³/mol. The molecule has 1 aromatic carbocycles. The molecule has 3 nitrogen and oxygen atoms in total. The number of benzene rings is 1. The second-order valence-corrected chi connectivity index (χ2v) is 3.76. The maximum absolute atomic E-state index is 10.8. The lowest BCUT2D eigenvalue weighted by atomic mass is 10.0. The van der Waals surface area contributed by atoms with Gasteiger partial charge in [0.05, 0.1) is 0 Å². The van der Waals surface area contributed by atoms with Crippen LogP contribution in [0.3, 0.4) is 0 Å². The van der Waals surface area contributed by atoms with Gasteiger partial charge in [-0.25, -0.2) is 4.79 Å². The number of carboxylic acids is 1. The van der Waals surface area contributed by atoms with Crippen LogP contribution >= 0.6 is 0 Å². The number of hydrogen-bond donors (Lipinski definition) is 1. The second-order valence-electron chi connectivity index (χ2n) is 3.76. The average molecular weight is 208 g/mol. The minimum atomic E-state index is -0.920. The molecule has 0 saturated carbocycles. The summed E-state index contributed by atoms with van der Waals surface area (Å²) in [5.74, 6) is -0.920. The van der Waals surface area contributed by atoms with E-state index in [-0.39, 0.29) is 0 Å². The molecule has 3 heteroatoms. The summed E-state index contributed by atoms with van der Waals surface area (Å²) < 4.78 is 4.90. The summed E-state index contributed by atoms with van der Waals surface area (Å²) in [6, 6.07) is 6.04. The summed E-state index contributed by atoms with van der Waals surface area (Å²) in [7, 11) is 1.42. The van der Waals surface area contributed by atoms with E-state index >= 15 is 0 Å². The monoisotopic (exact) mass is 208 g/mol. The van der Waals surface area contributed by atoms with E-state index in [1.165, 1.54) is 7.11 Å². The van der Waals surface area contributed by atoms with Crippen LogP contribution in [0.2, 0.25) is 0 Å². The topological polar surface area (TPSA) is 46.5 Å². The Morgan fingerprint density at radius 2 is 1.87 bits per heavy atom. The zero-order valence-electron chi connectivity index (χ0n) is 9.28. The van der Waals surface area contributed by atoms with E-state index < -0.39 is 12.1 Å². The Morgan fingerprint density at radius 1 is 1.33 bits per heavy atom. The van der Waals surface area contributed by atoms with Crippen LogP contribution in [0.5, 0.6) is 0 Å². The summed E-state index contributed by atoms with van der Waals surface area (Å²) in [4.78, 5) is 10.8. The van der Waals surface area contributed by atoms with Crippen LogP contribution < -0.4 is 0 Å². The van der Waals surface area contributed by atoms with Crippen molar-refractivity contribution in [2.75, 3.05) is 7.11 Å². The number of carbonyl (C=O) groups is 1. The molecule has 0 aliphatic rings. The molecule has 0 aliphatic carbocycles. The highest BCUT2D eigenvalue weighted by molar-refractivity contribution is 5.72. The molecule has 0 aromatic heterocycles. The normalized spacial score (nSPS) is 12.5. The first-order chi connectivity index (χ1) is 7.02. The summed E-state index contributed by atoms with van der Waals surface area (Å²) in [5, 5.41) is 8.85. The van der Waals surface area contributed by atoms with E-state index in [1.54, 1.807) is 0 Å². The molecule has 0 amide bonds. The van der Waals surface area contributed by atoms with Gasteiger partial charge in [0.25, 0.3) is 0 Å². The largest absolute Gasteiger partial charge is 0.479 e. The van der Waals surface area contributed by atoms with Crippen LogP contribution in [0.4, 0.5) is 0 Å². The maximum Gasteiger partial charge on any atom is 0.333 e. The van der Waals surface area contributed by atoms with E-state index in [9.17, 15) is 4.79 Å². The van der Waals surface area contributed by atoms with E-state index in [0.29, 0.717) is 6.42 Å². The molecule has 1 aromatic rings. The quantitative estimate of drug-likeness (QED) is 0.822. The van der Waals surface area contributed by atoms with Gasteiger partial charge >= 0.3 is 5.97 Å². The zero-order chi connectivity index (χ0) is 11.4. The zero-order valence-corrected chi connectivity index (χ0v) is 9.28. The highest BCUT2D eigenvalue weighted by Crippen LogP contribution is 2.12. The predicted octanol–water partition coefficient (Wildman–Crippen LogP) is 1.95. The number of aliphatic carboxylic acids is 1. The maximum atomic E-state index is 10.8. The van der Waals surface area contributed by atoms with Gasteiger partial charge in [0.1, 0.15) is 0 Å². The fourth-order valence-electron chi connectivity index (χ4n) is 1.67. The fourth-order valence-corrected chi connectivity index (χ4v) is 1.67. The lowest BCUT2D eigenvalue weighted by molar-refractivity contribution is -0.148. The van der Waals surface area contributed by atoms with Crippen molar-refractivity contribution in [3.8, 4) is 0 Å². The highest BCUT2D eigenvalue weighted by Gasteiger charge is 2.16. The molecule has 1 N–H and O–H groups in total. The average Bonchev–Trinajstić information content (AvgIpc) is 2.12. The lowest BCUT2D eigenvalue weighted by Crippen LogP contribution is -2.24. The molecule has 0 bridgehead atoms. The standard InChI is InChI=1S/C12H16O3/c1-8-4-9(2)6-10(5-8)7-11(15-3)12(13)14/h4-6,11H,7H2,1-3H3,(H,13,14). The van der Waals surface area contributed by atoms with Crippen molar-refractivity contribution in [2.45, 2.75) is 26.4 Å². The molecule has 0 spiro atoms. The van der Waals surface area contributed by atoms with E-state index in [0.717, 1.165) is 16.7 Å². The molecule has 1 atom stereocenters. The van der Waals surface area contributed by atoms with Gasteiger partial charge < -0.3 is 9.84 Å². The van der Waals surface area contributed by atoms with Crippen LogP contribution in [-0.2, 0) is 16.0 Å². The van der Waals surface area contributed by atoms with Crippen LogP contribution in [0, 0.1) is 13.8 Å². The molecule has 0 radical (unpaired) electrons. The summed E-state index contributed by atoms with van der Waals surface area (Å²) in [6.45, 7) is 4.00. The molecule has 0 heterocycles. The van der Waals surface area contributed by atoms with E-state index in [2.05, 4.69) is 6.07 Å². The molecule has 82 valence electrons. The van der Waals surface area contributed by atoms with Gasteiger partial charge in [-0.05, 0) is 19.4 Å². The van der Waals surface area contributed by atoms with Crippen molar-refractivity contribution in [3.05, 3.63) is 34.9 Å². The number of aryl methyl sites for hydroxylation is 2. The molecular weight excluding hydrogens is 192 g/mol. The third kappa shape index (κ3) is 3.36. The molecule has 15 heavy (non-hydrogen) atoms. The second kappa shape index (κ2) is 4.94. The third-order valence-corrected chi connectivity index (χ3v) is 2.26. The van der Waals surface area contributed by atoms with Gasteiger partial charge in [-0.1, -0.05) is 29.3 Å². The molecule has 1 unspecified atom stereocenters. The Morgan fingerprint density at radius 3 is 2.27 bits per heavy atom. The number of methoxy groups -OCH3 is 1. The highest BCUT2D eigenvalue weighted by atomic mass is 16.5. The molecule has 1 rings (SSSR count). The Labute approximate surface area is 89.7 Å². The van der Waals surface area contributed by atoms with Gasteiger partial charge in [0.2, 0.25) is 0 Å². The number of carboxylic acid groups (broad SMARTS) is 1. The summed E-state index contributed by atoms with van der Waals surface area (Å²) >= 11 is 0. The van der Waals surface area contributed by atoms with Gasteiger partial charge in [-0.3, -0.25) is 0 Å². The number of rotatable bonds is 4. The Kier molecular flexibility index (Phi) is 3.86. The fraction of sp³-hybridized carbons (Fsp3) is 0.417. The molecule has 0 aliphatic heterocycles.